The fourth-order valence-corrected chi connectivity index (χ4v) is 3.87. The van der Waals surface area contributed by atoms with Crippen molar-refractivity contribution >= 4 is 30.0 Å². The second-order valence-corrected chi connectivity index (χ2v) is 6.02. The second kappa shape index (κ2) is 4.17. The van der Waals surface area contributed by atoms with Gasteiger partial charge < -0.3 is 0 Å². The minimum atomic E-state index is 0.285. The number of rotatable bonds is 1. The van der Waals surface area contributed by atoms with Crippen LogP contribution in [-0.2, 0) is 0 Å². The Morgan fingerprint density at radius 3 is 3.12 bits per heavy atom. The summed E-state index contributed by atoms with van der Waals surface area (Å²) in [5, 5.41) is 4.80. The Kier molecular flexibility index (Phi) is 2.68. The molecule has 0 unspecified atom stereocenters. The molecule has 1 aliphatic heterocycles. The summed E-state index contributed by atoms with van der Waals surface area (Å²) in [4.78, 5) is 0. The topological polar surface area (TPSA) is 24.9 Å². The van der Waals surface area contributed by atoms with E-state index in [2.05, 4.69) is 42.6 Å². The number of benzene rings is 1. The van der Waals surface area contributed by atoms with Gasteiger partial charge in [-0.15, -0.1) is 0 Å². The predicted octanol–water partition coefficient (Wildman–Crippen LogP) is 1.91. The average molecular weight is 277 g/mol. The Labute approximate surface area is 101 Å². The molecule has 1 atom stereocenters. The molecular weight excluding hydrogens is 263 g/mol. The zero-order chi connectivity index (χ0) is 11.0. The zero-order valence-corrected chi connectivity index (χ0v) is 10.9. The van der Waals surface area contributed by atoms with E-state index in [9.17, 15) is 0 Å². The van der Waals surface area contributed by atoms with Gasteiger partial charge in [0.05, 0.1) is 0 Å². The van der Waals surface area contributed by atoms with Gasteiger partial charge in [-0.2, -0.15) is 0 Å². The molecule has 0 saturated carbocycles. The van der Waals surface area contributed by atoms with Crippen molar-refractivity contribution in [1.29, 1.82) is 0 Å². The summed E-state index contributed by atoms with van der Waals surface area (Å²) in [6, 6.07) is 8.61. The van der Waals surface area contributed by atoms with Crippen molar-refractivity contribution in [3.63, 3.8) is 0 Å². The van der Waals surface area contributed by atoms with Crippen LogP contribution in [0.4, 0.5) is 0 Å². The van der Waals surface area contributed by atoms with Gasteiger partial charge in [-0.1, -0.05) is 0 Å². The molecule has 1 aromatic carbocycles. The van der Waals surface area contributed by atoms with E-state index in [4.69, 9.17) is 3.98 Å². The van der Waals surface area contributed by atoms with Crippen molar-refractivity contribution in [2.45, 2.75) is 6.92 Å². The molecule has 0 aliphatic carbocycles. The molecule has 2 nitrogen and oxygen atoms in total. The molecule has 0 saturated heterocycles. The van der Waals surface area contributed by atoms with Crippen LogP contribution in [0.15, 0.2) is 30.3 Å². The first-order valence-corrected chi connectivity index (χ1v) is 7.23. The van der Waals surface area contributed by atoms with Crippen LogP contribution in [0.2, 0.25) is 0 Å². The van der Waals surface area contributed by atoms with Gasteiger partial charge in [0, 0.05) is 0 Å². The molecule has 82 valence electrons. The average Bonchev–Trinajstić information content (AvgIpc) is 2.72. The number of nitrogens with zero attached hydrogens (tertiary/aromatic N) is 1. The Morgan fingerprint density at radius 1 is 1.38 bits per heavy atom. The molecule has 0 bridgehead atoms. The van der Waals surface area contributed by atoms with Crippen LogP contribution in [0.1, 0.15) is 12.6 Å². The Hall–Kier alpha value is -0.891. The van der Waals surface area contributed by atoms with Gasteiger partial charge in [0.15, 0.2) is 0 Å². The molecule has 0 fully saturated rings. The fraction of sp³-hybridized carbons (Fsp3) is 0.308. The molecular formula is C13H14N2Se. The van der Waals surface area contributed by atoms with Crippen LogP contribution < -0.4 is 5.32 Å². The molecule has 16 heavy (non-hydrogen) atoms. The third kappa shape index (κ3) is 1.75. The first kappa shape index (κ1) is 10.3. The third-order valence-corrected chi connectivity index (χ3v) is 4.68. The first-order valence-electron chi connectivity index (χ1n) is 5.61. The molecule has 1 aliphatic rings. The summed E-state index contributed by atoms with van der Waals surface area (Å²) in [7, 11) is 0. The Bertz CT molecular complexity index is 542. The molecule has 0 amide bonds. The number of fused-ring (bicyclic) bond motifs is 1. The maximum atomic E-state index is 4.73. The van der Waals surface area contributed by atoms with Gasteiger partial charge in [-0.3, -0.25) is 0 Å². The van der Waals surface area contributed by atoms with E-state index in [1.807, 2.05) is 0 Å². The van der Waals surface area contributed by atoms with Crippen LogP contribution in [0, 0.1) is 5.92 Å². The second-order valence-electron chi connectivity index (χ2n) is 4.33. The summed E-state index contributed by atoms with van der Waals surface area (Å²) >= 11 is 0.285. The summed E-state index contributed by atoms with van der Waals surface area (Å²) in [6.07, 6.45) is 2.37. The summed E-state index contributed by atoms with van der Waals surface area (Å²) in [5.74, 6) is 0.617. The van der Waals surface area contributed by atoms with E-state index in [0.29, 0.717) is 5.92 Å². The van der Waals surface area contributed by atoms with Gasteiger partial charge >= 0.3 is 101 Å². The van der Waals surface area contributed by atoms with Gasteiger partial charge in [0.25, 0.3) is 0 Å². The fourth-order valence-electron chi connectivity index (χ4n) is 2.18. The Balaban J connectivity index is 2.12. The summed E-state index contributed by atoms with van der Waals surface area (Å²) < 4.78 is 6.15. The monoisotopic (exact) mass is 278 g/mol. The van der Waals surface area contributed by atoms with Gasteiger partial charge in [-0.25, -0.2) is 0 Å². The summed E-state index contributed by atoms with van der Waals surface area (Å²) in [5.41, 5.74) is 2.61. The normalized spacial score (nSPS) is 21.1. The zero-order valence-electron chi connectivity index (χ0n) is 9.23. The van der Waals surface area contributed by atoms with Gasteiger partial charge in [-0.05, 0) is 0 Å². The minimum absolute atomic E-state index is 0.285. The van der Waals surface area contributed by atoms with Crippen molar-refractivity contribution < 1.29 is 0 Å². The molecule has 1 N–H and O–H groups in total. The molecule has 0 spiro atoms. The van der Waals surface area contributed by atoms with Crippen molar-refractivity contribution in [3.05, 3.63) is 36.0 Å². The number of nitrogens with one attached hydrogen (secondary N) is 1. The van der Waals surface area contributed by atoms with E-state index in [1.165, 1.54) is 20.9 Å². The third-order valence-electron chi connectivity index (χ3n) is 2.95. The molecule has 0 radical (unpaired) electrons. The van der Waals surface area contributed by atoms with Crippen LogP contribution in [0.3, 0.4) is 0 Å². The standard InChI is InChI=1S/C13H14N2Se/c1-9-6-10(8-14-7-9)13-11-4-2-3-5-12(11)16-15-13/h2-6,9,14H,7-8H2,1H3/t9-/m1/s1. The molecule has 2 aromatic rings. The van der Waals surface area contributed by atoms with Gasteiger partial charge in [0.1, 0.15) is 0 Å². The van der Waals surface area contributed by atoms with Crippen molar-refractivity contribution in [2.75, 3.05) is 13.1 Å². The summed E-state index contributed by atoms with van der Waals surface area (Å²) in [6.45, 7) is 4.30. The Morgan fingerprint density at radius 2 is 2.25 bits per heavy atom. The van der Waals surface area contributed by atoms with E-state index >= 15 is 0 Å². The maximum absolute atomic E-state index is 4.73. The SMILES string of the molecule is C[C@@H]1C=C(c2n[se]c3ccccc23)CNC1. The number of aromatic nitrogens is 1. The van der Waals surface area contributed by atoms with Crippen molar-refractivity contribution in [2.24, 2.45) is 5.92 Å². The molecule has 2 heterocycles. The van der Waals surface area contributed by atoms with Crippen LogP contribution in [0.25, 0.3) is 15.2 Å². The van der Waals surface area contributed by atoms with Crippen LogP contribution in [0.5, 0.6) is 0 Å². The van der Waals surface area contributed by atoms with E-state index in [1.54, 1.807) is 0 Å². The molecule has 3 rings (SSSR count). The van der Waals surface area contributed by atoms with Crippen molar-refractivity contribution in [1.82, 2.24) is 9.30 Å². The van der Waals surface area contributed by atoms with E-state index < -0.39 is 0 Å². The first-order chi connectivity index (χ1) is 7.84. The van der Waals surface area contributed by atoms with Crippen LogP contribution in [-0.4, -0.2) is 31.8 Å². The van der Waals surface area contributed by atoms with Crippen LogP contribution >= 0.6 is 0 Å². The molecule has 3 heteroatoms. The quantitative estimate of drug-likeness (QED) is 0.805. The van der Waals surface area contributed by atoms with E-state index in [0.717, 1.165) is 13.1 Å². The predicted molar refractivity (Wildman–Crippen MR) is 68.7 cm³/mol. The molecule has 1 aromatic heterocycles. The number of hydrogen-bond acceptors (Lipinski definition) is 2. The van der Waals surface area contributed by atoms with E-state index in [-0.39, 0.29) is 14.7 Å². The van der Waals surface area contributed by atoms with Crippen molar-refractivity contribution in [3.8, 4) is 0 Å². The number of hydrogen-bond donors (Lipinski definition) is 1. The van der Waals surface area contributed by atoms with Gasteiger partial charge in [0.2, 0.25) is 0 Å².